The molecular formula is C30H46O6. The predicted octanol–water partition coefficient (Wildman–Crippen LogP) is 5.62. The van der Waals surface area contributed by atoms with E-state index in [4.69, 9.17) is 0 Å². The maximum Gasteiger partial charge on any atom is 0.315 e. The highest BCUT2D eigenvalue weighted by atomic mass is 16.5. The van der Waals surface area contributed by atoms with E-state index < -0.39 is 28.6 Å². The van der Waals surface area contributed by atoms with Crippen LogP contribution in [0, 0.1) is 50.2 Å². The van der Waals surface area contributed by atoms with Crippen molar-refractivity contribution in [3.05, 3.63) is 11.6 Å². The molecule has 6 nitrogen and oxygen atoms in total. The Morgan fingerprint density at radius 2 is 1.44 bits per heavy atom. The number of hydrogen-bond acceptors (Lipinski definition) is 4. The van der Waals surface area contributed by atoms with Crippen molar-refractivity contribution in [1.29, 1.82) is 0 Å². The lowest BCUT2D eigenvalue weighted by Gasteiger charge is -2.71. The van der Waals surface area contributed by atoms with Gasteiger partial charge in [0.05, 0.1) is 5.41 Å². The van der Waals surface area contributed by atoms with Gasteiger partial charge in [0.25, 0.3) is 0 Å². The first kappa shape index (κ1) is 26.2. The number of fused-ring (bicyclic) bond motifs is 7. The number of allylic oxidation sites excluding steroid dienone is 2. The molecule has 8 atom stereocenters. The summed E-state index contributed by atoms with van der Waals surface area (Å²) in [7, 11) is 0. The topological polar surface area (TPSA) is 115 Å². The van der Waals surface area contributed by atoms with E-state index in [-0.39, 0.29) is 45.8 Å². The zero-order valence-corrected chi connectivity index (χ0v) is 23.0. The lowest BCUT2D eigenvalue weighted by atomic mass is 9.33. The molecule has 0 spiro atoms. The van der Waals surface area contributed by atoms with E-state index in [2.05, 4.69) is 40.7 Å². The van der Waals surface area contributed by atoms with E-state index in [9.17, 15) is 30.0 Å². The van der Waals surface area contributed by atoms with Crippen LogP contribution in [-0.2, 0) is 9.59 Å². The molecule has 5 aliphatic rings. The van der Waals surface area contributed by atoms with Crippen molar-refractivity contribution in [3.63, 3.8) is 0 Å². The summed E-state index contributed by atoms with van der Waals surface area (Å²) in [6.07, 6.45) is 9.38. The molecule has 5 rings (SSSR count). The molecule has 2 unspecified atom stereocenters. The van der Waals surface area contributed by atoms with Gasteiger partial charge in [-0.3, -0.25) is 9.59 Å². The van der Waals surface area contributed by atoms with Gasteiger partial charge in [-0.15, -0.1) is 0 Å². The van der Waals surface area contributed by atoms with Gasteiger partial charge >= 0.3 is 11.9 Å². The smallest absolute Gasteiger partial charge is 0.315 e. The molecule has 202 valence electrons. The first-order valence-corrected chi connectivity index (χ1v) is 14.0. The van der Waals surface area contributed by atoms with Gasteiger partial charge in [0, 0.05) is 6.42 Å². The SMILES string of the molecule is CC1(C)CC[C@]2(C(=O)O)CC[C@]3(C)C(=CC[C@@H]4[C@@]5(C)CCC(O)(O)C(C)(C(=O)O)C5CC[C@]43C)[C@H]2C1. The van der Waals surface area contributed by atoms with Gasteiger partial charge in [0.2, 0.25) is 0 Å². The molecule has 0 aromatic carbocycles. The highest BCUT2D eigenvalue weighted by Crippen LogP contribution is 2.76. The summed E-state index contributed by atoms with van der Waals surface area (Å²) in [4.78, 5) is 25.3. The summed E-state index contributed by atoms with van der Waals surface area (Å²) < 4.78 is 0. The average molecular weight is 503 g/mol. The average Bonchev–Trinajstić information content (AvgIpc) is 2.76. The minimum atomic E-state index is -2.23. The van der Waals surface area contributed by atoms with Crippen molar-refractivity contribution in [2.24, 2.45) is 50.2 Å². The molecule has 0 bridgehead atoms. The minimum Gasteiger partial charge on any atom is -0.481 e. The number of aliphatic hydroxyl groups is 2. The van der Waals surface area contributed by atoms with E-state index >= 15 is 0 Å². The highest BCUT2D eigenvalue weighted by Gasteiger charge is 2.73. The molecule has 4 saturated carbocycles. The van der Waals surface area contributed by atoms with E-state index in [1.807, 2.05) is 0 Å². The molecule has 0 aliphatic heterocycles. The van der Waals surface area contributed by atoms with Gasteiger partial charge in [-0.25, -0.2) is 0 Å². The first-order chi connectivity index (χ1) is 16.4. The highest BCUT2D eigenvalue weighted by molar-refractivity contribution is 5.77. The van der Waals surface area contributed by atoms with Crippen LogP contribution in [-0.4, -0.2) is 38.2 Å². The summed E-state index contributed by atoms with van der Waals surface area (Å²) in [5.74, 6) is -4.08. The molecule has 0 saturated heterocycles. The summed E-state index contributed by atoms with van der Waals surface area (Å²) in [6.45, 7) is 13.0. The van der Waals surface area contributed by atoms with Crippen LogP contribution < -0.4 is 0 Å². The molecule has 0 amide bonds. The molecule has 0 radical (unpaired) electrons. The largest absolute Gasteiger partial charge is 0.481 e. The zero-order chi connectivity index (χ0) is 26.7. The Labute approximate surface area is 215 Å². The number of hydrogen-bond donors (Lipinski definition) is 4. The van der Waals surface area contributed by atoms with Gasteiger partial charge in [-0.2, -0.15) is 0 Å². The molecule has 4 N–H and O–H groups in total. The maximum atomic E-state index is 12.8. The van der Waals surface area contributed by atoms with Gasteiger partial charge in [-0.05, 0) is 104 Å². The predicted molar refractivity (Wildman–Crippen MR) is 136 cm³/mol. The molecule has 0 aromatic rings. The van der Waals surface area contributed by atoms with Crippen molar-refractivity contribution < 1.29 is 30.0 Å². The number of aliphatic carboxylic acids is 2. The lowest BCUT2D eigenvalue weighted by molar-refractivity contribution is -0.311. The van der Waals surface area contributed by atoms with E-state index in [1.165, 1.54) is 12.5 Å². The fraction of sp³-hybridized carbons (Fsp3) is 0.867. The molecule has 0 heterocycles. The standard InChI is InChI=1S/C30H46O6/c1-24(2)11-14-29(23(33)34)15-13-26(4)18(19(29)17-24)7-8-20-25(3)12-16-30(35,36)28(6,22(31)32)21(25)9-10-27(20,26)5/h7,19-21,35-36H,8-17H2,1-6H3,(H,31,32)(H,33,34)/t19-,20-,21?,25-,26-,27-,28?,29+/m1/s1. The van der Waals surface area contributed by atoms with Crippen LogP contribution in [0.25, 0.3) is 0 Å². The Morgan fingerprint density at radius 3 is 2.06 bits per heavy atom. The summed E-state index contributed by atoms with van der Waals surface area (Å²) >= 11 is 0. The number of carbonyl (C=O) groups is 2. The normalized spacial score (nSPS) is 51.0. The van der Waals surface area contributed by atoms with E-state index in [0.717, 1.165) is 38.5 Å². The molecule has 0 aromatic heterocycles. The molecule has 6 heteroatoms. The fourth-order valence-corrected chi connectivity index (χ4v) is 10.6. The van der Waals surface area contributed by atoms with Crippen molar-refractivity contribution >= 4 is 11.9 Å². The van der Waals surface area contributed by atoms with Gasteiger partial charge in [0.1, 0.15) is 5.41 Å². The Hall–Kier alpha value is -1.40. The maximum absolute atomic E-state index is 12.8. The summed E-state index contributed by atoms with van der Waals surface area (Å²) in [6, 6.07) is 0. The number of rotatable bonds is 2. The molecular weight excluding hydrogens is 456 g/mol. The van der Waals surface area contributed by atoms with Crippen molar-refractivity contribution in [1.82, 2.24) is 0 Å². The second kappa shape index (κ2) is 7.37. The van der Waals surface area contributed by atoms with Crippen LogP contribution in [0.2, 0.25) is 0 Å². The summed E-state index contributed by atoms with van der Waals surface area (Å²) in [5, 5.41) is 42.5. The second-order valence-corrected chi connectivity index (χ2v) is 15.0. The fourth-order valence-electron chi connectivity index (χ4n) is 10.6. The monoisotopic (exact) mass is 502 g/mol. The van der Waals surface area contributed by atoms with Crippen molar-refractivity contribution in [2.45, 2.75) is 112 Å². The third-order valence-electron chi connectivity index (χ3n) is 13.3. The molecule has 4 fully saturated rings. The second-order valence-electron chi connectivity index (χ2n) is 15.0. The zero-order valence-electron chi connectivity index (χ0n) is 23.0. The summed E-state index contributed by atoms with van der Waals surface area (Å²) in [5.41, 5.74) is -1.42. The van der Waals surface area contributed by atoms with Crippen LogP contribution in [0.4, 0.5) is 0 Å². The van der Waals surface area contributed by atoms with E-state index in [1.54, 1.807) is 0 Å². The van der Waals surface area contributed by atoms with Crippen LogP contribution in [0.15, 0.2) is 11.6 Å². The quantitative estimate of drug-likeness (QED) is 0.288. The van der Waals surface area contributed by atoms with E-state index in [0.29, 0.717) is 19.3 Å². The first-order valence-electron chi connectivity index (χ1n) is 14.0. The van der Waals surface area contributed by atoms with Crippen LogP contribution in [0.5, 0.6) is 0 Å². The van der Waals surface area contributed by atoms with Gasteiger partial charge in [0.15, 0.2) is 5.79 Å². The Bertz CT molecular complexity index is 1030. The molecule has 36 heavy (non-hydrogen) atoms. The number of carboxylic acid groups (broad SMARTS) is 2. The Kier molecular flexibility index (Phi) is 5.37. The van der Waals surface area contributed by atoms with Crippen molar-refractivity contribution in [3.8, 4) is 0 Å². The van der Waals surface area contributed by atoms with Gasteiger partial charge in [-0.1, -0.05) is 46.3 Å². The number of carboxylic acids is 2. The molecule has 5 aliphatic carbocycles. The lowest BCUT2D eigenvalue weighted by Crippen LogP contribution is -2.69. The minimum absolute atomic E-state index is 0.0407. The Balaban J connectivity index is 1.61. The van der Waals surface area contributed by atoms with Crippen LogP contribution in [0.3, 0.4) is 0 Å². The van der Waals surface area contributed by atoms with Crippen LogP contribution >= 0.6 is 0 Å². The third kappa shape index (κ3) is 2.92. The third-order valence-corrected chi connectivity index (χ3v) is 13.3. The Morgan fingerprint density at radius 1 is 0.806 bits per heavy atom. The van der Waals surface area contributed by atoms with Gasteiger partial charge < -0.3 is 20.4 Å². The van der Waals surface area contributed by atoms with Crippen molar-refractivity contribution in [2.75, 3.05) is 0 Å². The van der Waals surface area contributed by atoms with Crippen LogP contribution in [0.1, 0.15) is 106 Å².